The summed E-state index contributed by atoms with van der Waals surface area (Å²) in [5, 5.41) is 12.2. The molecule has 0 heterocycles. The third-order valence-electron chi connectivity index (χ3n) is 4.74. The molecule has 0 radical (unpaired) electrons. The number of amides is 1. The molecule has 0 saturated heterocycles. The summed E-state index contributed by atoms with van der Waals surface area (Å²) >= 11 is 2.11. The van der Waals surface area contributed by atoms with Crippen LogP contribution >= 0.6 is 22.6 Å². The summed E-state index contributed by atoms with van der Waals surface area (Å²) in [6.45, 7) is 4.07. The predicted octanol–water partition coefficient (Wildman–Crippen LogP) is 6.17. The lowest BCUT2D eigenvalue weighted by atomic mass is 10.1. The van der Waals surface area contributed by atoms with Crippen LogP contribution in [0.3, 0.4) is 0 Å². The summed E-state index contributed by atoms with van der Waals surface area (Å²) in [6.07, 6.45) is 1.53. The van der Waals surface area contributed by atoms with E-state index in [1.807, 2.05) is 32.0 Å². The number of benzene rings is 3. The number of ether oxygens (including phenoxy) is 1. The molecule has 0 aliphatic rings. The van der Waals surface area contributed by atoms with Crippen molar-refractivity contribution in [2.24, 2.45) is 0 Å². The van der Waals surface area contributed by atoms with Crippen molar-refractivity contribution < 1.29 is 13.9 Å². The monoisotopic (exact) mass is 526 g/mol. The average molecular weight is 526 g/mol. The molecule has 1 N–H and O–H groups in total. The smallest absolute Gasteiger partial charge is 0.266 e. The number of halogens is 2. The maximum Gasteiger partial charge on any atom is 0.266 e. The molecule has 0 fully saturated rings. The minimum atomic E-state index is -0.472. The van der Waals surface area contributed by atoms with Crippen molar-refractivity contribution in [1.82, 2.24) is 0 Å². The summed E-state index contributed by atoms with van der Waals surface area (Å²) in [5.74, 6) is -0.190. The van der Waals surface area contributed by atoms with Gasteiger partial charge in [-0.05, 0) is 89.5 Å². The van der Waals surface area contributed by atoms with Crippen LogP contribution in [0.25, 0.3) is 6.08 Å². The quantitative estimate of drug-likeness (QED) is 0.237. The third kappa shape index (κ3) is 5.92. The van der Waals surface area contributed by atoms with Crippen molar-refractivity contribution >= 4 is 40.3 Å². The normalized spacial score (nSPS) is 11.0. The lowest BCUT2D eigenvalue weighted by Gasteiger charge is -2.10. The number of hydrogen-bond acceptors (Lipinski definition) is 3. The van der Waals surface area contributed by atoms with Crippen molar-refractivity contribution in [1.29, 1.82) is 5.26 Å². The summed E-state index contributed by atoms with van der Waals surface area (Å²) < 4.78 is 20.3. The molecule has 0 unspecified atom stereocenters. The third-order valence-corrected chi connectivity index (χ3v) is 5.58. The SMILES string of the molecule is Cc1ccc(NC(=O)/C(C#N)=C/c2ccc(OCc3ccccc3F)c(I)c2)cc1C. The first-order valence-corrected chi connectivity index (χ1v) is 10.6. The zero-order valence-corrected chi connectivity index (χ0v) is 19.2. The van der Waals surface area contributed by atoms with Gasteiger partial charge in [0.2, 0.25) is 0 Å². The van der Waals surface area contributed by atoms with Gasteiger partial charge in [0, 0.05) is 11.3 Å². The Morgan fingerprint density at radius 2 is 1.90 bits per heavy atom. The molecule has 0 aliphatic heterocycles. The van der Waals surface area contributed by atoms with Crippen molar-refractivity contribution in [3.63, 3.8) is 0 Å². The van der Waals surface area contributed by atoms with E-state index in [0.29, 0.717) is 22.6 Å². The van der Waals surface area contributed by atoms with Crippen molar-refractivity contribution in [2.75, 3.05) is 5.32 Å². The second-order valence-electron chi connectivity index (χ2n) is 6.99. The number of carbonyl (C=O) groups excluding carboxylic acids is 1. The highest BCUT2D eigenvalue weighted by atomic mass is 127. The van der Waals surface area contributed by atoms with Gasteiger partial charge in [0.25, 0.3) is 5.91 Å². The maximum absolute atomic E-state index is 13.8. The topological polar surface area (TPSA) is 62.1 Å². The van der Waals surface area contributed by atoms with E-state index in [0.717, 1.165) is 14.7 Å². The van der Waals surface area contributed by atoms with E-state index in [1.165, 1.54) is 12.1 Å². The van der Waals surface area contributed by atoms with E-state index < -0.39 is 5.91 Å². The van der Waals surface area contributed by atoms with Gasteiger partial charge in [-0.2, -0.15) is 5.26 Å². The number of rotatable bonds is 6. The summed E-state index contributed by atoms with van der Waals surface area (Å²) in [7, 11) is 0. The van der Waals surface area contributed by atoms with E-state index in [9.17, 15) is 14.4 Å². The van der Waals surface area contributed by atoms with Gasteiger partial charge in [0.15, 0.2) is 0 Å². The van der Waals surface area contributed by atoms with Crippen LogP contribution in [0.4, 0.5) is 10.1 Å². The fourth-order valence-electron chi connectivity index (χ4n) is 2.83. The molecular weight excluding hydrogens is 506 g/mol. The van der Waals surface area contributed by atoms with Crippen LogP contribution in [0.15, 0.2) is 66.2 Å². The van der Waals surface area contributed by atoms with Gasteiger partial charge in [0.05, 0.1) is 3.57 Å². The zero-order valence-electron chi connectivity index (χ0n) is 17.1. The lowest BCUT2D eigenvalue weighted by Crippen LogP contribution is -2.13. The molecule has 3 rings (SSSR count). The fourth-order valence-corrected chi connectivity index (χ4v) is 3.52. The van der Waals surface area contributed by atoms with Crippen LogP contribution in [0.2, 0.25) is 0 Å². The van der Waals surface area contributed by atoms with Crippen LogP contribution in [0.5, 0.6) is 5.75 Å². The predicted molar refractivity (Wildman–Crippen MR) is 128 cm³/mol. The van der Waals surface area contributed by atoms with Crippen LogP contribution < -0.4 is 10.1 Å². The number of aryl methyl sites for hydroxylation is 2. The van der Waals surface area contributed by atoms with Gasteiger partial charge >= 0.3 is 0 Å². The van der Waals surface area contributed by atoms with E-state index >= 15 is 0 Å². The Balaban J connectivity index is 1.72. The second kappa shape index (κ2) is 10.2. The lowest BCUT2D eigenvalue weighted by molar-refractivity contribution is -0.112. The zero-order chi connectivity index (χ0) is 22.4. The van der Waals surface area contributed by atoms with E-state index in [-0.39, 0.29) is 18.0 Å². The molecule has 4 nitrogen and oxygen atoms in total. The van der Waals surface area contributed by atoms with Gasteiger partial charge < -0.3 is 10.1 Å². The van der Waals surface area contributed by atoms with Gasteiger partial charge in [-0.15, -0.1) is 0 Å². The fraction of sp³-hybridized carbons (Fsp3) is 0.120. The molecule has 0 aromatic heterocycles. The number of anilines is 1. The van der Waals surface area contributed by atoms with E-state index in [1.54, 1.807) is 42.5 Å². The minimum absolute atomic E-state index is 0.00551. The number of nitriles is 1. The first kappa shape index (κ1) is 22.5. The molecule has 0 atom stereocenters. The molecule has 3 aromatic rings. The molecule has 6 heteroatoms. The average Bonchev–Trinajstić information content (AvgIpc) is 2.75. The molecule has 31 heavy (non-hydrogen) atoms. The number of nitrogens with zero attached hydrogens (tertiary/aromatic N) is 1. The molecular formula is C25H20FIN2O2. The van der Waals surface area contributed by atoms with Gasteiger partial charge in [-0.1, -0.05) is 30.3 Å². The Hall–Kier alpha value is -3.18. The highest BCUT2D eigenvalue weighted by Crippen LogP contribution is 2.25. The molecule has 1 amide bonds. The van der Waals surface area contributed by atoms with Crippen LogP contribution in [0, 0.1) is 34.6 Å². The summed E-state index contributed by atoms with van der Waals surface area (Å²) in [4.78, 5) is 12.5. The Labute approximate surface area is 194 Å². The standard InChI is InChI=1S/C25H20FIN2O2/c1-16-7-9-21(11-17(16)2)29-25(30)20(14-28)12-18-8-10-24(23(27)13-18)31-15-19-5-3-4-6-22(19)26/h3-13H,15H2,1-2H3,(H,29,30)/b20-12+. The molecule has 0 bridgehead atoms. The van der Waals surface area contributed by atoms with Gasteiger partial charge in [0.1, 0.15) is 29.8 Å². The Bertz CT molecular complexity index is 1200. The van der Waals surface area contributed by atoms with Crippen LogP contribution in [-0.2, 0) is 11.4 Å². The van der Waals surface area contributed by atoms with Gasteiger partial charge in [-0.25, -0.2) is 4.39 Å². The maximum atomic E-state index is 13.8. The Kier molecular flexibility index (Phi) is 7.42. The van der Waals surface area contributed by atoms with Crippen molar-refractivity contribution in [3.8, 4) is 11.8 Å². The molecule has 156 valence electrons. The van der Waals surface area contributed by atoms with Crippen LogP contribution in [-0.4, -0.2) is 5.91 Å². The number of nitrogens with one attached hydrogen (secondary N) is 1. The Morgan fingerprint density at radius 1 is 1.13 bits per heavy atom. The molecule has 0 saturated carbocycles. The highest BCUT2D eigenvalue weighted by molar-refractivity contribution is 14.1. The Morgan fingerprint density at radius 3 is 2.58 bits per heavy atom. The number of hydrogen-bond donors (Lipinski definition) is 1. The summed E-state index contributed by atoms with van der Waals surface area (Å²) in [6, 6.07) is 19.3. The minimum Gasteiger partial charge on any atom is -0.488 e. The largest absolute Gasteiger partial charge is 0.488 e. The van der Waals surface area contributed by atoms with E-state index in [4.69, 9.17) is 4.74 Å². The number of carbonyl (C=O) groups is 1. The highest BCUT2D eigenvalue weighted by Gasteiger charge is 2.11. The van der Waals surface area contributed by atoms with E-state index in [2.05, 4.69) is 27.9 Å². The van der Waals surface area contributed by atoms with Crippen LogP contribution in [0.1, 0.15) is 22.3 Å². The van der Waals surface area contributed by atoms with Gasteiger partial charge in [-0.3, -0.25) is 4.79 Å². The van der Waals surface area contributed by atoms with Crippen molar-refractivity contribution in [2.45, 2.75) is 20.5 Å². The molecule has 0 aliphatic carbocycles. The molecule has 0 spiro atoms. The molecule has 3 aromatic carbocycles. The summed E-state index contributed by atoms with van der Waals surface area (Å²) in [5.41, 5.74) is 3.98. The first-order chi connectivity index (χ1) is 14.9. The first-order valence-electron chi connectivity index (χ1n) is 9.53. The van der Waals surface area contributed by atoms with Crippen molar-refractivity contribution in [3.05, 3.63) is 97.9 Å². The second-order valence-corrected chi connectivity index (χ2v) is 8.16.